The first kappa shape index (κ1) is 13.7. The first-order chi connectivity index (χ1) is 8.76. The summed E-state index contributed by atoms with van der Waals surface area (Å²) in [4.78, 5) is 0. The maximum absolute atomic E-state index is 6.11. The minimum atomic E-state index is 0.235. The van der Waals surface area contributed by atoms with Gasteiger partial charge in [0.05, 0.1) is 13.2 Å². The quantitative estimate of drug-likeness (QED) is 0.881. The molecule has 0 saturated carbocycles. The van der Waals surface area contributed by atoms with E-state index in [1.54, 1.807) is 7.11 Å². The number of ether oxygens (including phenoxy) is 1. The topological polar surface area (TPSA) is 33.3 Å². The van der Waals surface area contributed by atoms with E-state index in [9.17, 15) is 0 Å². The smallest absolute Gasteiger partial charge is 0.123 e. The molecule has 0 aromatic heterocycles. The van der Waals surface area contributed by atoms with Crippen molar-refractivity contribution in [1.29, 1.82) is 0 Å². The highest BCUT2D eigenvalue weighted by atomic mass is 35.5. The van der Waals surface area contributed by atoms with Crippen molar-refractivity contribution in [3.8, 4) is 5.75 Å². The fraction of sp³-hybridized carbons (Fsp3) is 0.571. The van der Waals surface area contributed by atoms with Gasteiger partial charge in [-0.15, -0.1) is 0 Å². The van der Waals surface area contributed by atoms with Crippen LogP contribution in [0.3, 0.4) is 0 Å². The molecule has 0 radical (unpaired) electrons. The number of hydrogen-bond acceptors (Lipinski definition) is 3. The molecule has 1 heterocycles. The van der Waals surface area contributed by atoms with Gasteiger partial charge in [0.25, 0.3) is 0 Å². The molecule has 0 aliphatic carbocycles. The molecule has 2 unspecified atom stereocenters. The maximum Gasteiger partial charge on any atom is 0.123 e. The summed E-state index contributed by atoms with van der Waals surface area (Å²) in [5.74, 6) is 0.895. The second kappa shape index (κ2) is 6.41. The number of benzene rings is 1. The van der Waals surface area contributed by atoms with Gasteiger partial charge >= 0.3 is 0 Å². The van der Waals surface area contributed by atoms with Crippen LogP contribution in [0.15, 0.2) is 18.2 Å². The molecule has 1 fully saturated rings. The maximum atomic E-state index is 6.11. The van der Waals surface area contributed by atoms with Crippen molar-refractivity contribution in [1.82, 2.24) is 10.6 Å². The van der Waals surface area contributed by atoms with Crippen molar-refractivity contribution in [3.63, 3.8) is 0 Å². The molecule has 2 rings (SSSR count). The number of piperidine rings is 1. The number of halogens is 1. The van der Waals surface area contributed by atoms with Crippen LogP contribution in [-0.2, 0) is 0 Å². The molecule has 2 atom stereocenters. The zero-order valence-electron chi connectivity index (χ0n) is 11.0. The largest absolute Gasteiger partial charge is 0.496 e. The Balaban J connectivity index is 2.27. The van der Waals surface area contributed by atoms with Crippen LogP contribution in [-0.4, -0.2) is 26.7 Å². The SMILES string of the molecule is CNC(c1cc(Cl)ccc1OC)C1CCCCN1. The second-order valence-electron chi connectivity index (χ2n) is 4.71. The van der Waals surface area contributed by atoms with E-state index in [-0.39, 0.29) is 6.04 Å². The Hall–Kier alpha value is -0.770. The number of likely N-dealkylation sites (N-methyl/N-ethyl adjacent to an activating group) is 1. The number of hydrogen-bond donors (Lipinski definition) is 2. The molecule has 0 amide bonds. The van der Waals surface area contributed by atoms with Crippen LogP contribution in [0.25, 0.3) is 0 Å². The highest BCUT2D eigenvalue weighted by molar-refractivity contribution is 6.30. The molecular weight excluding hydrogens is 248 g/mol. The lowest BCUT2D eigenvalue weighted by Crippen LogP contribution is -2.43. The van der Waals surface area contributed by atoms with Gasteiger partial charge < -0.3 is 15.4 Å². The minimum Gasteiger partial charge on any atom is -0.496 e. The summed E-state index contributed by atoms with van der Waals surface area (Å²) in [6.45, 7) is 1.09. The summed E-state index contributed by atoms with van der Waals surface area (Å²) in [5, 5.41) is 7.72. The predicted molar refractivity (Wildman–Crippen MR) is 75.4 cm³/mol. The Kier molecular flexibility index (Phi) is 4.87. The number of rotatable bonds is 4. The van der Waals surface area contributed by atoms with E-state index < -0.39 is 0 Å². The Labute approximate surface area is 114 Å². The summed E-state index contributed by atoms with van der Waals surface area (Å²) < 4.78 is 5.45. The fourth-order valence-corrected chi connectivity index (χ4v) is 2.87. The van der Waals surface area contributed by atoms with E-state index in [1.807, 2.05) is 25.2 Å². The van der Waals surface area contributed by atoms with E-state index in [1.165, 1.54) is 19.3 Å². The molecule has 1 saturated heterocycles. The van der Waals surface area contributed by atoms with Gasteiger partial charge in [0.2, 0.25) is 0 Å². The van der Waals surface area contributed by atoms with Crippen LogP contribution in [0.2, 0.25) is 5.02 Å². The third kappa shape index (κ3) is 2.97. The Morgan fingerprint density at radius 1 is 1.44 bits per heavy atom. The lowest BCUT2D eigenvalue weighted by Gasteiger charge is -2.32. The van der Waals surface area contributed by atoms with Gasteiger partial charge in [-0.1, -0.05) is 18.0 Å². The Bertz CT molecular complexity index is 391. The first-order valence-corrected chi connectivity index (χ1v) is 6.88. The van der Waals surface area contributed by atoms with Gasteiger partial charge in [-0.05, 0) is 44.6 Å². The molecule has 1 aliphatic heterocycles. The van der Waals surface area contributed by atoms with Gasteiger partial charge in [0.15, 0.2) is 0 Å². The van der Waals surface area contributed by atoms with Gasteiger partial charge in [-0.25, -0.2) is 0 Å². The monoisotopic (exact) mass is 268 g/mol. The highest BCUT2D eigenvalue weighted by Gasteiger charge is 2.25. The standard InChI is InChI=1S/C14H21ClN2O/c1-16-14(12-5-3-4-8-17-12)11-9-10(15)6-7-13(11)18-2/h6-7,9,12,14,16-17H,3-5,8H2,1-2H3. The molecule has 3 nitrogen and oxygen atoms in total. The van der Waals surface area contributed by atoms with Crippen LogP contribution < -0.4 is 15.4 Å². The van der Waals surface area contributed by atoms with Crippen molar-refractivity contribution < 1.29 is 4.74 Å². The van der Waals surface area contributed by atoms with Crippen LogP contribution in [0.5, 0.6) is 5.75 Å². The summed E-state index contributed by atoms with van der Waals surface area (Å²) in [7, 11) is 3.69. The zero-order chi connectivity index (χ0) is 13.0. The number of nitrogens with one attached hydrogen (secondary N) is 2. The highest BCUT2D eigenvalue weighted by Crippen LogP contribution is 2.32. The average molecular weight is 269 g/mol. The first-order valence-electron chi connectivity index (χ1n) is 6.50. The van der Waals surface area contributed by atoms with Crippen LogP contribution in [0.1, 0.15) is 30.9 Å². The van der Waals surface area contributed by atoms with Crippen molar-refractivity contribution >= 4 is 11.6 Å². The van der Waals surface area contributed by atoms with Crippen LogP contribution >= 0.6 is 11.6 Å². The summed E-state index contributed by atoms with van der Waals surface area (Å²) >= 11 is 6.11. The Morgan fingerprint density at radius 2 is 2.28 bits per heavy atom. The molecule has 1 aromatic carbocycles. The molecule has 18 heavy (non-hydrogen) atoms. The van der Waals surface area contributed by atoms with Gasteiger partial charge in [0, 0.05) is 16.6 Å². The normalized spacial score (nSPS) is 21.6. The second-order valence-corrected chi connectivity index (χ2v) is 5.15. The Morgan fingerprint density at radius 3 is 2.89 bits per heavy atom. The lowest BCUT2D eigenvalue weighted by atomic mass is 9.92. The van der Waals surface area contributed by atoms with Crippen LogP contribution in [0.4, 0.5) is 0 Å². The third-order valence-electron chi connectivity index (χ3n) is 3.59. The van der Waals surface area contributed by atoms with E-state index in [4.69, 9.17) is 16.3 Å². The van der Waals surface area contributed by atoms with Gasteiger partial charge in [0.1, 0.15) is 5.75 Å². The van der Waals surface area contributed by atoms with Gasteiger partial charge in [-0.2, -0.15) is 0 Å². The van der Waals surface area contributed by atoms with Crippen LogP contribution in [0, 0.1) is 0 Å². The third-order valence-corrected chi connectivity index (χ3v) is 3.82. The van der Waals surface area contributed by atoms with Crippen molar-refractivity contribution in [2.45, 2.75) is 31.3 Å². The molecule has 1 aromatic rings. The van der Waals surface area contributed by atoms with E-state index in [0.29, 0.717) is 6.04 Å². The molecule has 2 N–H and O–H groups in total. The van der Waals surface area contributed by atoms with E-state index in [0.717, 1.165) is 22.9 Å². The summed E-state index contributed by atoms with van der Waals surface area (Å²) in [6, 6.07) is 6.48. The summed E-state index contributed by atoms with van der Waals surface area (Å²) in [5.41, 5.74) is 1.13. The van der Waals surface area contributed by atoms with E-state index >= 15 is 0 Å². The molecular formula is C14H21ClN2O. The van der Waals surface area contributed by atoms with E-state index in [2.05, 4.69) is 10.6 Å². The average Bonchev–Trinajstić information content (AvgIpc) is 2.41. The van der Waals surface area contributed by atoms with Crippen molar-refractivity contribution in [2.24, 2.45) is 0 Å². The predicted octanol–water partition coefficient (Wildman–Crippen LogP) is 2.75. The summed E-state index contributed by atoms with van der Waals surface area (Å²) in [6.07, 6.45) is 3.72. The van der Waals surface area contributed by atoms with Crippen molar-refractivity contribution in [2.75, 3.05) is 20.7 Å². The molecule has 1 aliphatic rings. The fourth-order valence-electron chi connectivity index (χ4n) is 2.68. The lowest BCUT2D eigenvalue weighted by molar-refractivity contribution is 0.317. The van der Waals surface area contributed by atoms with Gasteiger partial charge in [-0.3, -0.25) is 0 Å². The molecule has 4 heteroatoms. The number of methoxy groups -OCH3 is 1. The zero-order valence-corrected chi connectivity index (χ0v) is 11.8. The molecule has 100 valence electrons. The van der Waals surface area contributed by atoms with Crippen molar-refractivity contribution in [3.05, 3.63) is 28.8 Å². The minimum absolute atomic E-state index is 0.235. The molecule has 0 bridgehead atoms. The molecule has 0 spiro atoms.